The van der Waals surface area contributed by atoms with Crippen molar-refractivity contribution in [3.05, 3.63) is 155 Å². The summed E-state index contributed by atoms with van der Waals surface area (Å²) in [5, 5.41) is 3.91. The predicted molar refractivity (Wildman–Crippen MR) is 171 cm³/mol. The molecule has 0 fully saturated rings. The van der Waals surface area contributed by atoms with Gasteiger partial charge in [-0.1, -0.05) is 89.2 Å². The van der Waals surface area contributed by atoms with Crippen molar-refractivity contribution in [1.29, 1.82) is 0 Å². The van der Waals surface area contributed by atoms with Crippen molar-refractivity contribution in [3.63, 3.8) is 0 Å². The second-order valence-corrected chi connectivity index (χ2v) is 11.2. The maximum Gasteiger partial charge on any atom is 0.332 e. The lowest BCUT2D eigenvalue weighted by Crippen LogP contribution is -2.18. The van der Waals surface area contributed by atoms with E-state index in [1.54, 1.807) is 12.1 Å². The summed E-state index contributed by atoms with van der Waals surface area (Å²) in [6.07, 6.45) is 0. The van der Waals surface area contributed by atoms with Gasteiger partial charge in [0.1, 0.15) is 0 Å². The lowest BCUT2D eigenvalue weighted by Gasteiger charge is -2.10. The number of carbonyl (C=O) groups is 3. The van der Waals surface area contributed by atoms with Gasteiger partial charge in [0.05, 0.1) is 0 Å². The topological polar surface area (TPSA) is 72.8 Å². The predicted octanol–water partition coefficient (Wildman–Crippen LogP) is 8.50. The van der Waals surface area contributed by atoms with Crippen LogP contribution in [0.15, 0.2) is 136 Å². The number of nitrogens with zero attached hydrogens (tertiary/aromatic N) is 1. The molecule has 43 heavy (non-hydrogen) atoms. The number of benzene rings is 5. The van der Waals surface area contributed by atoms with Crippen LogP contribution in [0.1, 0.15) is 49.9 Å². The maximum absolute atomic E-state index is 13.4. The summed E-state index contributed by atoms with van der Waals surface area (Å²) in [4.78, 5) is 44.7. The Morgan fingerprint density at radius 1 is 0.628 bits per heavy atom. The van der Waals surface area contributed by atoms with Crippen LogP contribution >= 0.6 is 11.8 Å². The molecule has 0 radical (unpaired) electrons. The average molecular weight is 584 g/mol. The Hall–Kier alpha value is -5.07. The number of Topliss-reactive ketones (excluding diaryl/α,β-unsaturated/α-hetero) is 1. The Bertz CT molecular complexity index is 1810. The van der Waals surface area contributed by atoms with Gasteiger partial charge in [0.2, 0.25) is 5.78 Å². The van der Waals surface area contributed by atoms with E-state index in [4.69, 9.17) is 4.84 Å². The Kier molecular flexibility index (Phi) is 9.08. The van der Waals surface area contributed by atoms with Crippen LogP contribution in [0.25, 0.3) is 11.1 Å². The molecule has 0 aliphatic heterocycles. The molecule has 0 atom stereocenters. The Labute approximate surface area is 255 Å². The van der Waals surface area contributed by atoms with Crippen molar-refractivity contribution in [1.82, 2.24) is 0 Å². The van der Waals surface area contributed by atoms with E-state index in [0.29, 0.717) is 22.3 Å². The Balaban J connectivity index is 1.27. The number of oxime groups is 1. The molecule has 0 saturated carbocycles. The lowest BCUT2D eigenvalue weighted by molar-refractivity contribution is -0.140. The van der Waals surface area contributed by atoms with Crippen molar-refractivity contribution in [2.75, 3.05) is 0 Å². The van der Waals surface area contributed by atoms with E-state index in [2.05, 4.69) is 5.16 Å². The molecular weight excluding hydrogens is 554 g/mol. The van der Waals surface area contributed by atoms with Gasteiger partial charge >= 0.3 is 5.97 Å². The number of hydrogen-bond acceptors (Lipinski definition) is 6. The van der Waals surface area contributed by atoms with E-state index in [9.17, 15) is 14.4 Å². The van der Waals surface area contributed by atoms with Crippen molar-refractivity contribution in [2.45, 2.75) is 30.6 Å². The minimum atomic E-state index is -0.601. The Morgan fingerprint density at radius 2 is 1.16 bits per heavy atom. The van der Waals surface area contributed by atoms with Gasteiger partial charge in [0.15, 0.2) is 11.5 Å². The van der Waals surface area contributed by atoms with Crippen molar-refractivity contribution < 1.29 is 19.2 Å². The fourth-order valence-corrected chi connectivity index (χ4v) is 5.36. The molecule has 5 aromatic carbocycles. The van der Waals surface area contributed by atoms with Crippen LogP contribution in [0.4, 0.5) is 0 Å². The molecule has 0 heterocycles. The zero-order valence-electron chi connectivity index (χ0n) is 24.0. The number of rotatable bonds is 9. The molecule has 6 heteroatoms. The molecule has 0 aromatic heterocycles. The lowest BCUT2D eigenvalue weighted by atomic mass is 9.96. The molecule has 5 rings (SSSR count). The largest absolute Gasteiger partial charge is 0.332 e. The van der Waals surface area contributed by atoms with Gasteiger partial charge in [-0.3, -0.25) is 9.59 Å². The van der Waals surface area contributed by atoms with Gasteiger partial charge in [-0.2, -0.15) is 0 Å². The van der Waals surface area contributed by atoms with E-state index < -0.39 is 5.97 Å². The van der Waals surface area contributed by atoms with Crippen molar-refractivity contribution >= 4 is 35.0 Å². The first-order valence-corrected chi connectivity index (χ1v) is 14.6. The molecule has 0 N–H and O–H groups in total. The van der Waals surface area contributed by atoms with E-state index in [1.807, 2.05) is 123 Å². The highest BCUT2D eigenvalue weighted by molar-refractivity contribution is 7.99. The van der Waals surface area contributed by atoms with E-state index in [-0.39, 0.29) is 17.3 Å². The maximum atomic E-state index is 13.4. The second-order valence-electron chi connectivity index (χ2n) is 10.1. The molecule has 5 nitrogen and oxygen atoms in total. The summed E-state index contributed by atoms with van der Waals surface area (Å²) in [6, 6.07) is 38.1. The van der Waals surface area contributed by atoms with Gasteiger partial charge in [-0.15, -0.1) is 0 Å². The number of carbonyl (C=O) groups excluding carboxylic acids is 3. The number of aryl methyl sites for hydroxylation is 2. The molecular formula is C37H29NO4S. The second kappa shape index (κ2) is 13.3. The van der Waals surface area contributed by atoms with E-state index in [1.165, 1.54) is 18.7 Å². The smallest absolute Gasteiger partial charge is 0.318 e. The summed E-state index contributed by atoms with van der Waals surface area (Å²) in [6.45, 7) is 5.05. The SMILES string of the molecule is CC(=O)O/N=C(/C(=O)c1ccc(Sc2ccc(C(=O)c3ccc(-c4ccccc4)cc3)cc2)cc1)c1cc(C)ccc1C. The minimum Gasteiger partial charge on any atom is -0.318 e. The first-order chi connectivity index (χ1) is 20.8. The molecule has 0 aliphatic rings. The molecule has 0 amide bonds. The normalized spacial score (nSPS) is 11.2. The van der Waals surface area contributed by atoms with Crippen molar-refractivity contribution in [2.24, 2.45) is 5.16 Å². The summed E-state index contributed by atoms with van der Waals surface area (Å²) in [5.74, 6) is -0.976. The van der Waals surface area contributed by atoms with Crippen molar-refractivity contribution in [3.8, 4) is 11.1 Å². The van der Waals surface area contributed by atoms with E-state index in [0.717, 1.165) is 32.0 Å². The highest BCUT2D eigenvalue weighted by Crippen LogP contribution is 2.29. The van der Waals surface area contributed by atoms with Gasteiger partial charge < -0.3 is 4.84 Å². The Morgan fingerprint density at radius 3 is 1.74 bits per heavy atom. The molecule has 0 aliphatic carbocycles. The van der Waals surface area contributed by atoms with Crippen LogP contribution in [0, 0.1) is 13.8 Å². The summed E-state index contributed by atoms with van der Waals surface area (Å²) in [7, 11) is 0. The van der Waals surface area contributed by atoms with Crippen LogP contribution in [0.2, 0.25) is 0 Å². The molecule has 0 bridgehead atoms. The molecule has 0 spiro atoms. The highest BCUT2D eigenvalue weighted by Gasteiger charge is 2.20. The fraction of sp³-hybridized carbons (Fsp3) is 0.0811. The van der Waals surface area contributed by atoms with Gasteiger partial charge in [-0.25, -0.2) is 4.79 Å². The van der Waals surface area contributed by atoms with Crippen LogP contribution in [-0.2, 0) is 9.63 Å². The monoisotopic (exact) mass is 583 g/mol. The third kappa shape index (κ3) is 7.23. The summed E-state index contributed by atoms with van der Waals surface area (Å²) < 4.78 is 0. The van der Waals surface area contributed by atoms with Gasteiger partial charge in [0.25, 0.3) is 0 Å². The summed E-state index contributed by atoms with van der Waals surface area (Å²) in [5.41, 5.74) is 6.36. The molecule has 5 aromatic rings. The highest BCUT2D eigenvalue weighted by atomic mass is 32.2. The first-order valence-electron chi connectivity index (χ1n) is 13.7. The zero-order valence-corrected chi connectivity index (χ0v) is 24.9. The first kappa shape index (κ1) is 29.4. The molecule has 0 saturated heterocycles. The zero-order chi connectivity index (χ0) is 30.3. The molecule has 0 unspecified atom stereocenters. The standard InChI is InChI=1S/C37H29NO4S/c1-24-9-10-25(2)34(23-24)35(38-42-26(3)39)37(41)31-17-21-33(22-18-31)43-32-19-15-30(16-20-32)36(40)29-13-11-28(12-14-29)27-7-5-4-6-8-27/h4-23H,1-3H3/b38-35+. The number of ketones is 2. The van der Waals surface area contributed by atoms with E-state index >= 15 is 0 Å². The molecule has 212 valence electrons. The van der Waals surface area contributed by atoms with Crippen LogP contribution < -0.4 is 0 Å². The van der Waals surface area contributed by atoms with Gasteiger partial charge in [-0.05, 0) is 85.1 Å². The summed E-state index contributed by atoms with van der Waals surface area (Å²) >= 11 is 1.52. The van der Waals surface area contributed by atoms with Crippen LogP contribution in [0.5, 0.6) is 0 Å². The number of hydrogen-bond donors (Lipinski definition) is 0. The third-order valence-electron chi connectivity index (χ3n) is 6.85. The van der Waals surface area contributed by atoms with Gasteiger partial charge in [0, 0.05) is 39.0 Å². The van der Waals surface area contributed by atoms with Crippen LogP contribution in [-0.4, -0.2) is 23.2 Å². The average Bonchev–Trinajstić information content (AvgIpc) is 3.03. The fourth-order valence-electron chi connectivity index (χ4n) is 4.55. The third-order valence-corrected chi connectivity index (χ3v) is 7.87. The van der Waals surface area contributed by atoms with Crippen LogP contribution in [0.3, 0.4) is 0 Å². The quantitative estimate of drug-likeness (QED) is 0.0753. The minimum absolute atomic E-state index is 0.0332.